The number of halogens is 5. The lowest BCUT2D eigenvalue weighted by molar-refractivity contribution is -0.188. The molecule has 1 aliphatic rings. The molecular formula is C15H17Cl2F3N2O3. The van der Waals surface area contributed by atoms with Gasteiger partial charge < -0.3 is 15.3 Å². The fourth-order valence-corrected chi connectivity index (χ4v) is 2.87. The Bertz CT molecular complexity index is 628. The van der Waals surface area contributed by atoms with Crippen molar-refractivity contribution in [2.75, 3.05) is 25.0 Å². The molecule has 10 heteroatoms. The second-order valence-corrected chi connectivity index (χ2v) is 6.04. The predicted molar refractivity (Wildman–Crippen MR) is 89.1 cm³/mol. The van der Waals surface area contributed by atoms with Crippen molar-refractivity contribution in [1.29, 1.82) is 0 Å². The van der Waals surface area contributed by atoms with Crippen molar-refractivity contribution < 1.29 is 27.9 Å². The molecule has 2 rings (SSSR count). The molecule has 0 radical (unpaired) electrons. The van der Waals surface area contributed by atoms with E-state index in [0.29, 0.717) is 10.7 Å². The number of hydrogen-bond acceptors (Lipinski definition) is 3. The van der Waals surface area contributed by atoms with Gasteiger partial charge in [0.1, 0.15) is 0 Å². The standard InChI is InChI=1S/C15H16ClF3N2O3.ClH/c16-11-3-1-2-4-12(11)20-13(22)5-6-21-7-9(14(23)24)10(8-21)15(17,18)19;/h1-4,9-10H,5-8H2,(H,20,22)(H,23,24);1H/t9-,10-;/m1./s1. The minimum atomic E-state index is -4.57. The van der Waals surface area contributed by atoms with Crippen molar-refractivity contribution in [3.63, 3.8) is 0 Å². The van der Waals surface area contributed by atoms with Crippen LogP contribution in [0, 0.1) is 11.8 Å². The smallest absolute Gasteiger partial charge is 0.393 e. The van der Waals surface area contributed by atoms with Gasteiger partial charge in [0.05, 0.1) is 22.5 Å². The van der Waals surface area contributed by atoms with Crippen LogP contribution in [0.2, 0.25) is 5.02 Å². The highest BCUT2D eigenvalue weighted by molar-refractivity contribution is 6.33. The largest absolute Gasteiger partial charge is 0.481 e. The number of carbonyl (C=O) groups excluding carboxylic acids is 1. The number of likely N-dealkylation sites (tertiary alicyclic amines) is 1. The highest BCUT2D eigenvalue weighted by atomic mass is 35.5. The minimum Gasteiger partial charge on any atom is -0.481 e. The summed E-state index contributed by atoms with van der Waals surface area (Å²) in [5, 5.41) is 11.9. The Balaban J connectivity index is 0.00000312. The van der Waals surface area contributed by atoms with E-state index in [9.17, 15) is 22.8 Å². The Morgan fingerprint density at radius 1 is 1.28 bits per heavy atom. The molecule has 1 fully saturated rings. The molecule has 2 atom stereocenters. The number of carbonyl (C=O) groups is 2. The molecule has 0 aromatic heterocycles. The van der Waals surface area contributed by atoms with Crippen LogP contribution in [0.3, 0.4) is 0 Å². The summed E-state index contributed by atoms with van der Waals surface area (Å²) >= 11 is 5.90. The summed E-state index contributed by atoms with van der Waals surface area (Å²) in [6.07, 6.45) is -4.63. The van der Waals surface area contributed by atoms with Gasteiger partial charge in [-0.15, -0.1) is 12.4 Å². The van der Waals surface area contributed by atoms with Crippen LogP contribution in [0.25, 0.3) is 0 Å². The van der Waals surface area contributed by atoms with Crippen LogP contribution in [0.1, 0.15) is 6.42 Å². The zero-order valence-electron chi connectivity index (χ0n) is 12.9. The number of aliphatic carboxylic acids is 1. The molecule has 1 aromatic rings. The van der Waals surface area contributed by atoms with Gasteiger partial charge in [0.2, 0.25) is 5.91 Å². The van der Waals surface area contributed by atoms with Crippen molar-refractivity contribution >= 4 is 41.6 Å². The Morgan fingerprint density at radius 3 is 2.44 bits per heavy atom. The molecular weight excluding hydrogens is 384 g/mol. The monoisotopic (exact) mass is 400 g/mol. The third-order valence-corrected chi connectivity index (χ3v) is 4.27. The second kappa shape index (κ2) is 8.73. The number of anilines is 1. The third kappa shape index (κ3) is 5.76. The summed E-state index contributed by atoms with van der Waals surface area (Å²) in [6.45, 7) is -0.592. The summed E-state index contributed by atoms with van der Waals surface area (Å²) in [5.74, 6) is -5.29. The number of carboxylic acid groups (broad SMARTS) is 1. The van der Waals surface area contributed by atoms with Crippen molar-refractivity contribution in [1.82, 2.24) is 4.90 Å². The summed E-state index contributed by atoms with van der Waals surface area (Å²) < 4.78 is 38.7. The number of alkyl halides is 3. The van der Waals surface area contributed by atoms with Crippen molar-refractivity contribution in [3.8, 4) is 0 Å². The molecule has 2 N–H and O–H groups in total. The second-order valence-electron chi connectivity index (χ2n) is 5.63. The molecule has 1 saturated heterocycles. The van der Waals surface area contributed by atoms with Gasteiger partial charge in [-0.1, -0.05) is 23.7 Å². The van der Waals surface area contributed by atoms with E-state index in [0.717, 1.165) is 0 Å². The van der Waals surface area contributed by atoms with Gasteiger partial charge in [0, 0.05) is 26.1 Å². The van der Waals surface area contributed by atoms with E-state index in [1.807, 2.05) is 0 Å². The van der Waals surface area contributed by atoms with Gasteiger partial charge in [-0.2, -0.15) is 13.2 Å². The lowest BCUT2D eigenvalue weighted by Crippen LogP contribution is -2.33. The van der Waals surface area contributed by atoms with Gasteiger partial charge in [-0.3, -0.25) is 9.59 Å². The van der Waals surface area contributed by atoms with Gasteiger partial charge in [0.25, 0.3) is 0 Å². The summed E-state index contributed by atoms with van der Waals surface area (Å²) in [4.78, 5) is 24.2. The quantitative estimate of drug-likeness (QED) is 0.795. The molecule has 0 aliphatic carbocycles. The zero-order valence-corrected chi connectivity index (χ0v) is 14.5. The summed E-state index contributed by atoms with van der Waals surface area (Å²) in [5.41, 5.74) is 0.419. The van der Waals surface area contributed by atoms with Gasteiger partial charge in [0.15, 0.2) is 0 Å². The first-order chi connectivity index (χ1) is 11.2. The van der Waals surface area contributed by atoms with E-state index in [1.54, 1.807) is 24.3 Å². The van der Waals surface area contributed by atoms with Crippen LogP contribution in [-0.2, 0) is 9.59 Å². The third-order valence-electron chi connectivity index (χ3n) is 3.94. The molecule has 0 bridgehead atoms. The maximum absolute atomic E-state index is 12.9. The Kier molecular flexibility index (Phi) is 7.52. The number of carboxylic acids is 1. The maximum atomic E-state index is 12.9. The van der Waals surface area contributed by atoms with Crippen LogP contribution < -0.4 is 5.32 Å². The minimum absolute atomic E-state index is 0. The van der Waals surface area contributed by atoms with E-state index < -0.39 is 36.4 Å². The van der Waals surface area contributed by atoms with Crippen LogP contribution in [0.15, 0.2) is 24.3 Å². The number of benzene rings is 1. The molecule has 1 amide bonds. The Morgan fingerprint density at radius 2 is 1.92 bits per heavy atom. The first kappa shape index (κ1) is 21.5. The van der Waals surface area contributed by atoms with E-state index in [4.69, 9.17) is 16.7 Å². The molecule has 25 heavy (non-hydrogen) atoms. The molecule has 0 spiro atoms. The van der Waals surface area contributed by atoms with Crippen molar-refractivity contribution in [2.24, 2.45) is 11.8 Å². The maximum Gasteiger partial charge on any atom is 0.393 e. The number of rotatable bonds is 5. The van der Waals surface area contributed by atoms with Crippen molar-refractivity contribution in [2.45, 2.75) is 12.6 Å². The van der Waals surface area contributed by atoms with E-state index in [2.05, 4.69) is 5.32 Å². The molecule has 5 nitrogen and oxygen atoms in total. The van der Waals surface area contributed by atoms with Gasteiger partial charge in [-0.25, -0.2) is 0 Å². The van der Waals surface area contributed by atoms with Crippen LogP contribution in [0.5, 0.6) is 0 Å². The fourth-order valence-electron chi connectivity index (χ4n) is 2.68. The zero-order chi connectivity index (χ0) is 17.9. The first-order valence-electron chi connectivity index (χ1n) is 7.24. The Hall–Kier alpha value is -1.51. The SMILES string of the molecule is Cl.O=C(CCN1C[C@@H](C(F)(F)F)[C@H](C(=O)O)C1)Nc1ccccc1Cl. The number of nitrogens with one attached hydrogen (secondary N) is 1. The normalized spacial score (nSPS) is 20.8. The number of nitrogens with zero attached hydrogens (tertiary/aromatic N) is 1. The topological polar surface area (TPSA) is 69.6 Å². The van der Waals surface area contributed by atoms with E-state index in [1.165, 1.54) is 4.90 Å². The van der Waals surface area contributed by atoms with Gasteiger partial charge >= 0.3 is 12.1 Å². The van der Waals surface area contributed by atoms with Crippen LogP contribution >= 0.6 is 24.0 Å². The van der Waals surface area contributed by atoms with Crippen molar-refractivity contribution in [3.05, 3.63) is 29.3 Å². The predicted octanol–water partition coefficient (Wildman–Crippen LogP) is 3.29. The molecule has 140 valence electrons. The lowest BCUT2D eigenvalue weighted by Gasteiger charge is -2.18. The van der Waals surface area contributed by atoms with Gasteiger partial charge in [-0.05, 0) is 12.1 Å². The Labute approximate surface area is 153 Å². The average Bonchev–Trinajstić information content (AvgIpc) is 2.92. The summed E-state index contributed by atoms with van der Waals surface area (Å²) in [6, 6.07) is 6.60. The molecule has 1 aromatic carbocycles. The lowest BCUT2D eigenvalue weighted by atomic mass is 9.96. The average molecular weight is 401 g/mol. The highest BCUT2D eigenvalue weighted by Gasteiger charge is 2.52. The summed E-state index contributed by atoms with van der Waals surface area (Å²) in [7, 11) is 0. The highest BCUT2D eigenvalue weighted by Crippen LogP contribution is 2.37. The van der Waals surface area contributed by atoms with Crippen LogP contribution in [-0.4, -0.2) is 47.7 Å². The van der Waals surface area contributed by atoms with Crippen LogP contribution in [0.4, 0.5) is 18.9 Å². The number of para-hydroxylation sites is 1. The fraction of sp³-hybridized carbons (Fsp3) is 0.467. The van der Waals surface area contributed by atoms with E-state index in [-0.39, 0.29) is 31.9 Å². The number of amides is 1. The molecule has 1 heterocycles. The number of hydrogen-bond donors (Lipinski definition) is 2. The molecule has 0 unspecified atom stereocenters. The first-order valence-corrected chi connectivity index (χ1v) is 7.62. The molecule has 1 aliphatic heterocycles. The molecule has 0 saturated carbocycles. The van der Waals surface area contributed by atoms with E-state index >= 15 is 0 Å².